The van der Waals surface area contributed by atoms with Crippen molar-refractivity contribution in [3.05, 3.63) is 11.7 Å². The van der Waals surface area contributed by atoms with Crippen molar-refractivity contribution in [2.75, 3.05) is 6.54 Å². The third-order valence-corrected chi connectivity index (χ3v) is 4.29. The monoisotopic (exact) mass is 265 g/mol. The van der Waals surface area contributed by atoms with E-state index in [9.17, 15) is 5.11 Å². The van der Waals surface area contributed by atoms with Gasteiger partial charge < -0.3 is 9.63 Å². The Morgan fingerprint density at radius 2 is 2.21 bits per heavy atom. The molecule has 2 heterocycles. The van der Waals surface area contributed by atoms with Gasteiger partial charge in [0.25, 0.3) is 0 Å². The van der Waals surface area contributed by atoms with Gasteiger partial charge in [-0.05, 0) is 38.6 Å². The van der Waals surface area contributed by atoms with E-state index in [1.807, 2.05) is 6.92 Å². The highest BCUT2D eigenvalue weighted by Gasteiger charge is 2.31. The minimum absolute atomic E-state index is 0.244. The molecular weight excluding hydrogens is 242 g/mol. The highest BCUT2D eigenvalue weighted by molar-refractivity contribution is 5.03. The first-order valence-electron chi connectivity index (χ1n) is 7.52. The molecule has 106 valence electrons. The van der Waals surface area contributed by atoms with Gasteiger partial charge in [0.05, 0.1) is 12.6 Å². The lowest BCUT2D eigenvalue weighted by atomic mass is 9.96. The lowest BCUT2D eigenvalue weighted by Gasteiger charge is -2.37. The molecule has 5 nitrogen and oxygen atoms in total. The summed E-state index contributed by atoms with van der Waals surface area (Å²) < 4.78 is 5.35. The zero-order valence-electron chi connectivity index (χ0n) is 11.6. The van der Waals surface area contributed by atoms with Gasteiger partial charge >= 0.3 is 0 Å². The molecule has 0 bridgehead atoms. The first kappa shape index (κ1) is 13.1. The van der Waals surface area contributed by atoms with Crippen LogP contribution in [0.1, 0.15) is 63.1 Å². The van der Waals surface area contributed by atoms with Crippen molar-refractivity contribution in [1.82, 2.24) is 15.0 Å². The number of piperidine rings is 1. The molecule has 2 fully saturated rings. The van der Waals surface area contributed by atoms with Crippen LogP contribution in [0, 0.1) is 0 Å². The van der Waals surface area contributed by atoms with Crippen molar-refractivity contribution in [2.24, 2.45) is 0 Å². The molecule has 1 aliphatic heterocycles. The van der Waals surface area contributed by atoms with E-state index in [1.165, 1.54) is 25.7 Å². The lowest BCUT2D eigenvalue weighted by Crippen LogP contribution is -2.46. The van der Waals surface area contributed by atoms with Crippen LogP contribution in [0.4, 0.5) is 0 Å². The Morgan fingerprint density at radius 1 is 1.37 bits per heavy atom. The Labute approximate surface area is 114 Å². The summed E-state index contributed by atoms with van der Waals surface area (Å²) >= 11 is 0. The number of hydrogen-bond acceptors (Lipinski definition) is 5. The molecule has 0 amide bonds. The number of hydrogen-bond donors (Lipinski definition) is 1. The molecule has 1 saturated carbocycles. The SMILES string of the molecule is CCC(O)C1CCCCN1Cc1nc(C2CC2)no1. The van der Waals surface area contributed by atoms with Crippen molar-refractivity contribution >= 4 is 0 Å². The lowest BCUT2D eigenvalue weighted by molar-refractivity contribution is 0.0145. The Morgan fingerprint density at radius 3 is 2.95 bits per heavy atom. The summed E-state index contributed by atoms with van der Waals surface area (Å²) in [5.41, 5.74) is 0. The Kier molecular flexibility index (Phi) is 3.84. The largest absolute Gasteiger partial charge is 0.392 e. The molecule has 2 atom stereocenters. The van der Waals surface area contributed by atoms with Gasteiger partial charge in [0, 0.05) is 12.0 Å². The van der Waals surface area contributed by atoms with Crippen LogP contribution < -0.4 is 0 Å². The third kappa shape index (κ3) is 2.98. The van der Waals surface area contributed by atoms with Crippen LogP contribution in [0.2, 0.25) is 0 Å². The van der Waals surface area contributed by atoms with E-state index in [0.717, 1.165) is 25.2 Å². The van der Waals surface area contributed by atoms with Gasteiger partial charge in [-0.3, -0.25) is 4.90 Å². The molecule has 0 aromatic carbocycles. The van der Waals surface area contributed by atoms with E-state index < -0.39 is 0 Å². The average Bonchev–Trinajstić information content (AvgIpc) is 3.19. The molecule has 1 N–H and O–H groups in total. The van der Waals surface area contributed by atoms with Gasteiger partial charge in [-0.15, -0.1) is 0 Å². The van der Waals surface area contributed by atoms with Crippen LogP contribution in [0.15, 0.2) is 4.52 Å². The first-order valence-corrected chi connectivity index (χ1v) is 7.52. The molecule has 1 saturated heterocycles. The predicted molar refractivity (Wildman–Crippen MR) is 70.6 cm³/mol. The summed E-state index contributed by atoms with van der Waals surface area (Å²) in [6.45, 7) is 3.74. The van der Waals surface area contributed by atoms with Gasteiger partial charge in [-0.25, -0.2) is 0 Å². The summed E-state index contributed by atoms with van der Waals surface area (Å²) in [6, 6.07) is 0.245. The normalized spacial score (nSPS) is 26.5. The van der Waals surface area contributed by atoms with Crippen LogP contribution in [0.25, 0.3) is 0 Å². The Bertz CT molecular complexity index is 417. The highest BCUT2D eigenvalue weighted by Crippen LogP contribution is 2.38. The highest BCUT2D eigenvalue weighted by atomic mass is 16.5. The van der Waals surface area contributed by atoms with Crippen molar-refractivity contribution in [1.29, 1.82) is 0 Å². The smallest absolute Gasteiger partial charge is 0.240 e. The molecule has 0 radical (unpaired) electrons. The first-order chi connectivity index (χ1) is 9.28. The second-order valence-corrected chi connectivity index (χ2v) is 5.83. The molecule has 3 rings (SSSR count). The summed E-state index contributed by atoms with van der Waals surface area (Å²) in [6.07, 6.45) is 6.41. The second-order valence-electron chi connectivity index (χ2n) is 5.83. The van der Waals surface area contributed by atoms with E-state index >= 15 is 0 Å². The molecule has 2 aliphatic rings. The molecule has 5 heteroatoms. The average molecular weight is 265 g/mol. The minimum atomic E-state index is -0.244. The molecule has 1 aromatic heterocycles. The van der Waals surface area contributed by atoms with Crippen LogP contribution in [-0.2, 0) is 6.54 Å². The summed E-state index contributed by atoms with van der Waals surface area (Å²) in [4.78, 5) is 6.79. The maximum atomic E-state index is 10.1. The standard InChI is InChI=1S/C14H23N3O2/c1-2-12(18)11-5-3-4-8-17(11)9-13-15-14(16-19-13)10-6-7-10/h10-12,18H,2-9H2,1H3. The second kappa shape index (κ2) is 5.59. The number of aliphatic hydroxyl groups is 1. The van der Waals surface area contributed by atoms with Crippen molar-refractivity contribution in [3.8, 4) is 0 Å². The fraction of sp³-hybridized carbons (Fsp3) is 0.857. The number of rotatable bonds is 5. The number of aromatic nitrogens is 2. The number of aliphatic hydroxyl groups excluding tert-OH is 1. The van der Waals surface area contributed by atoms with Crippen LogP contribution in [-0.4, -0.2) is 38.8 Å². The zero-order valence-corrected chi connectivity index (χ0v) is 11.6. The topological polar surface area (TPSA) is 62.4 Å². The maximum Gasteiger partial charge on any atom is 0.240 e. The molecule has 2 unspecified atom stereocenters. The fourth-order valence-corrected chi connectivity index (χ4v) is 2.93. The van der Waals surface area contributed by atoms with Crippen LogP contribution in [0.5, 0.6) is 0 Å². The van der Waals surface area contributed by atoms with Crippen LogP contribution in [0.3, 0.4) is 0 Å². The molecule has 0 spiro atoms. The molecule has 1 aliphatic carbocycles. The van der Waals surface area contributed by atoms with Crippen LogP contribution >= 0.6 is 0 Å². The Hall–Kier alpha value is -0.940. The third-order valence-electron chi connectivity index (χ3n) is 4.29. The molecular formula is C14H23N3O2. The predicted octanol–water partition coefficient (Wildman–Crippen LogP) is 2.07. The maximum absolute atomic E-state index is 10.1. The van der Waals surface area contributed by atoms with Crippen molar-refractivity contribution in [3.63, 3.8) is 0 Å². The van der Waals surface area contributed by atoms with E-state index in [1.54, 1.807) is 0 Å². The molecule has 19 heavy (non-hydrogen) atoms. The van der Waals surface area contributed by atoms with E-state index in [2.05, 4.69) is 15.0 Å². The number of nitrogens with zero attached hydrogens (tertiary/aromatic N) is 3. The van der Waals surface area contributed by atoms with E-state index in [4.69, 9.17) is 4.52 Å². The van der Waals surface area contributed by atoms with Crippen molar-refractivity contribution < 1.29 is 9.63 Å². The summed E-state index contributed by atoms with van der Waals surface area (Å²) in [5, 5.41) is 14.2. The van der Waals surface area contributed by atoms with Gasteiger partial charge in [-0.1, -0.05) is 18.5 Å². The van der Waals surface area contributed by atoms with E-state index in [-0.39, 0.29) is 12.1 Å². The Balaban J connectivity index is 1.64. The van der Waals surface area contributed by atoms with E-state index in [0.29, 0.717) is 18.4 Å². The zero-order chi connectivity index (χ0) is 13.2. The van der Waals surface area contributed by atoms with Gasteiger partial charge in [-0.2, -0.15) is 4.98 Å². The minimum Gasteiger partial charge on any atom is -0.392 e. The number of likely N-dealkylation sites (tertiary alicyclic amines) is 1. The van der Waals surface area contributed by atoms with Gasteiger partial charge in [0.2, 0.25) is 5.89 Å². The summed E-state index contributed by atoms with van der Waals surface area (Å²) in [7, 11) is 0. The van der Waals surface area contributed by atoms with Crippen molar-refractivity contribution in [2.45, 2.75) is 70.1 Å². The van der Waals surface area contributed by atoms with Gasteiger partial charge in [0.1, 0.15) is 0 Å². The fourth-order valence-electron chi connectivity index (χ4n) is 2.93. The molecule has 1 aromatic rings. The summed E-state index contributed by atoms with van der Waals surface area (Å²) in [5.74, 6) is 2.12. The van der Waals surface area contributed by atoms with Gasteiger partial charge in [0.15, 0.2) is 5.82 Å². The quantitative estimate of drug-likeness (QED) is 0.883.